The molecule has 0 radical (unpaired) electrons. The van der Waals surface area contributed by atoms with E-state index in [1.807, 2.05) is 6.08 Å². The highest BCUT2D eigenvalue weighted by molar-refractivity contribution is 5.93. The van der Waals surface area contributed by atoms with Gasteiger partial charge < -0.3 is 19.5 Å². The molecule has 3 fully saturated rings. The minimum atomic E-state index is -1.00. The minimum absolute atomic E-state index is 0.0804. The number of aliphatic hydroxyl groups excluding tert-OH is 1. The Balaban J connectivity index is 1.45. The van der Waals surface area contributed by atoms with Crippen LogP contribution in [0.4, 0.5) is 5.69 Å². The highest BCUT2D eigenvalue weighted by atomic mass is 16.5. The average molecular weight is 572 g/mol. The fraction of sp³-hybridized carbons (Fsp3) is 0.571. The average Bonchev–Trinajstić information content (AvgIpc) is 3.31. The monoisotopic (exact) mass is 571 g/mol. The van der Waals surface area contributed by atoms with Gasteiger partial charge in [0.1, 0.15) is 6.61 Å². The Morgan fingerprint density at radius 3 is 2.60 bits per heavy atom. The summed E-state index contributed by atoms with van der Waals surface area (Å²) in [5.41, 5.74) is 4.95. The van der Waals surface area contributed by atoms with E-state index < -0.39 is 16.8 Å². The van der Waals surface area contributed by atoms with Crippen molar-refractivity contribution in [1.82, 2.24) is 0 Å². The maximum atomic E-state index is 14.0. The van der Waals surface area contributed by atoms with Crippen LogP contribution in [0.25, 0.3) is 0 Å². The van der Waals surface area contributed by atoms with E-state index in [4.69, 9.17) is 9.47 Å². The van der Waals surface area contributed by atoms with Gasteiger partial charge >= 0.3 is 5.97 Å². The van der Waals surface area contributed by atoms with Crippen molar-refractivity contribution in [3.63, 3.8) is 0 Å². The van der Waals surface area contributed by atoms with Crippen LogP contribution >= 0.6 is 0 Å². The zero-order chi connectivity index (χ0) is 29.5. The van der Waals surface area contributed by atoms with Crippen LogP contribution in [0.3, 0.4) is 0 Å². The number of benzene rings is 1. The van der Waals surface area contributed by atoms with Crippen molar-refractivity contribution in [2.45, 2.75) is 64.7 Å². The number of anilines is 1. The van der Waals surface area contributed by atoms with Crippen molar-refractivity contribution in [2.75, 3.05) is 44.4 Å². The fourth-order valence-corrected chi connectivity index (χ4v) is 8.94. The second kappa shape index (κ2) is 11.5. The van der Waals surface area contributed by atoms with Gasteiger partial charge in [-0.15, -0.1) is 0 Å². The highest BCUT2D eigenvalue weighted by Gasteiger charge is 2.65. The molecular formula is C35H41NO6. The molecule has 222 valence electrons. The first-order chi connectivity index (χ1) is 20.3. The number of ether oxygens (including phenoxy) is 2. The van der Waals surface area contributed by atoms with Crippen LogP contribution < -0.4 is 4.90 Å². The number of allylic oxidation sites excluding steroid dienone is 4. The molecule has 5 atom stereocenters. The SMILES string of the molecule is CC(=O)OCC(=O)[C@@]1(C#CCO)CC[C@H]2[C@@H]3CCC4=CC(=O)CCC4=C3C(c3ccc(N4CCOCC4)cc3)C[C@@]21C. The molecule has 7 heteroatoms. The number of morpholine rings is 1. The summed E-state index contributed by atoms with van der Waals surface area (Å²) in [5, 5.41) is 9.70. The number of carbonyl (C=O) groups is 3. The molecule has 1 aliphatic heterocycles. The second-order valence-corrected chi connectivity index (χ2v) is 12.8. The van der Waals surface area contributed by atoms with Crippen molar-refractivity contribution in [1.29, 1.82) is 0 Å². The molecule has 1 N–H and O–H groups in total. The van der Waals surface area contributed by atoms with E-state index in [-0.39, 0.29) is 42.5 Å². The van der Waals surface area contributed by atoms with Gasteiger partial charge in [0.25, 0.3) is 0 Å². The van der Waals surface area contributed by atoms with Gasteiger partial charge in [-0.2, -0.15) is 0 Å². The molecular weight excluding hydrogens is 530 g/mol. The highest BCUT2D eigenvalue weighted by Crippen LogP contribution is 2.69. The van der Waals surface area contributed by atoms with Gasteiger partial charge in [0, 0.05) is 38.0 Å². The third-order valence-electron chi connectivity index (χ3n) is 10.9. The van der Waals surface area contributed by atoms with Crippen LogP contribution in [0.15, 0.2) is 47.1 Å². The van der Waals surface area contributed by atoms with Gasteiger partial charge in [-0.1, -0.05) is 36.5 Å². The molecule has 42 heavy (non-hydrogen) atoms. The van der Waals surface area contributed by atoms with Crippen LogP contribution in [0.1, 0.15) is 70.3 Å². The summed E-state index contributed by atoms with van der Waals surface area (Å²) >= 11 is 0. The number of esters is 1. The van der Waals surface area contributed by atoms with Gasteiger partial charge in [-0.25, -0.2) is 0 Å². The molecule has 6 rings (SSSR count). The van der Waals surface area contributed by atoms with Crippen molar-refractivity contribution >= 4 is 23.2 Å². The maximum Gasteiger partial charge on any atom is 0.303 e. The van der Waals surface area contributed by atoms with E-state index in [9.17, 15) is 19.5 Å². The molecule has 0 aromatic heterocycles. The molecule has 5 aliphatic rings. The van der Waals surface area contributed by atoms with Crippen LogP contribution in [0.2, 0.25) is 0 Å². The molecule has 1 unspecified atom stereocenters. The fourth-order valence-electron chi connectivity index (χ4n) is 8.94. The summed E-state index contributed by atoms with van der Waals surface area (Å²) in [6.45, 7) is 6.12. The predicted molar refractivity (Wildman–Crippen MR) is 159 cm³/mol. The van der Waals surface area contributed by atoms with Crippen molar-refractivity contribution in [3.05, 3.63) is 52.6 Å². The summed E-state index contributed by atoms with van der Waals surface area (Å²) in [6.07, 6.45) is 7.20. The van der Waals surface area contributed by atoms with Gasteiger partial charge in [-0.05, 0) is 90.7 Å². The third kappa shape index (κ3) is 4.83. The Morgan fingerprint density at radius 1 is 1.12 bits per heavy atom. The molecule has 4 aliphatic carbocycles. The Labute approximate surface area is 248 Å². The summed E-state index contributed by atoms with van der Waals surface area (Å²) in [7, 11) is 0. The Kier molecular flexibility index (Phi) is 7.89. The largest absolute Gasteiger partial charge is 0.458 e. The summed E-state index contributed by atoms with van der Waals surface area (Å²) < 4.78 is 10.8. The lowest BCUT2D eigenvalue weighted by atomic mass is 9.48. The van der Waals surface area contributed by atoms with Crippen LogP contribution in [0.5, 0.6) is 0 Å². The number of Topliss-reactive ketones (excluding diaryl/α,β-unsaturated/α-hetero) is 1. The van der Waals surface area contributed by atoms with E-state index in [2.05, 4.69) is 47.9 Å². The van der Waals surface area contributed by atoms with Crippen LogP contribution in [0, 0.1) is 34.5 Å². The zero-order valence-corrected chi connectivity index (χ0v) is 24.7. The number of hydrogen-bond acceptors (Lipinski definition) is 7. The Morgan fingerprint density at radius 2 is 1.88 bits per heavy atom. The maximum absolute atomic E-state index is 14.0. The van der Waals surface area contributed by atoms with Crippen LogP contribution in [-0.2, 0) is 23.9 Å². The van der Waals surface area contributed by atoms with E-state index in [0.29, 0.717) is 12.8 Å². The first-order valence-corrected chi connectivity index (χ1v) is 15.4. The summed E-state index contributed by atoms with van der Waals surface area (Å²) in [6, 6.07) is 8.90. The lowest BCUT2D eigenvalue weighted by Crippen LogP contribution is -2.51. The molecule has 1 saturated heterocycles. The molecule has 2 saturated carbocycles. The first kappa shape index (κ1) is 28.9. The second-order valence-electron chi connectivity index (χ2n) is 12.8. The van der Waals surface area contributed by atoms with Crippen molar-refractivity contribution in [2.24, 2.45) is 22.7 Å². The van der Waals surface area contributed by atoms with Crippen molar-refractivity contribution < 1.29 is 29.0 Å². The minimum Gasteiger partial charge on any atom is -0.458 e. The zero-order valence-electron chi connectivity index (χ0n) is 24.7. The van der Waals surface area contributed by atoms with Gasteiger partial charge in [0.05, 0.1) is 18.6 Å². The quantitative estimate of drug-likeness (QED) is 0.410. The summed E-state index contributed by atoms with van der Waals surface area (Å²) in [5.74, 6) is 6.27. The van der Waals surface area contributed by atoms with Gasteiger partial charge in [0.15, 0.2) is 18.2 Å². The topological polar surface area (TPSA) is 93.1 Å². The molecule has 1 aromatic carbocycles. The number of nitrogens with zero attached hydrogens (tertiary/aromatic N) is 1. The normalized spacial score (nSPS) is 32.2. The van der Waals surface area contributed by atoms with E-state index in [1.165, 1.54) is 34.9 Å². The molecule has 1 aromatic rings. The van der Waals surface area contributed by atoms with E-state index in [0.717, 1.165) is 58.4 Å². The van der Waals surface area contributed by atoms with Gasteiger partial charge in [-0.3, -0.25) is 14.4 Å². The lowest BCUT2D eigenvalue weighted by molar-refractivity contribution is -0.150. The number of carbonyl (C=O) groups excluding carboxylic acids is 3. The Bertz CT molecular complexity index is 1390. The summed E-state index contributed by atoms with van der Waals surface area (Å²) in [4.78, 5) is 40.4. The number of hydrogen-bond donors (Lipinski definition) is 1. The number of aliphatic hydroxyl groups is 1. The predicted octanol–water partition coefficient (Wildman–Crippen LogP) is 4.54. The van der Waals surface area contributed by atoms with Gasteiger partial charge in [0.2, 0.25) is 0 Å². The number of fused-ring (bicyclic) bond motifs is 4. The Hall–Kier alpha value is -3.21. The van der Waals surface area contributed by atoms with Crippen LogP contribution in [-0.4, -0.2) is 62.2 Å². The van der Waals surface area contributed by atoms with E-state index in [1.54, 1.807) is 0 Å². The number of ketones is 2. The molecule has 0 spiro atoms. The lowest BCUT2D eigenvalue weighted by Gasteiger charge is -2.54. The first-order valence-electron chi connectivity index (χ1n) is 15.4. The molecule has 0 amide bonds. The third-order valence-corrected chi connectivity index (χ3v) is 10.9. The molecule has 7 nitrogen and oxygen atoms in total. The molecule has 0 bridgehead atoms. The molecule has 1 heterocycles. The smallest absolute Gasteiger partial charge is 0.303 e. The number of rotatable bonds is 5. The van der Waals surface area contributed by atoms with E-state index >= 15 is 0 Å². The standard InChI is InChI=1S/C35H41NO6/c1-23(38)42-22-32(40)35(13-3-17-37)14-12-31-29-10-6-25-20-27(39)9-11-28(25)33(29)30(21-34(31,35)2)24-4-7-26(8-5-24)36-15-18-41-19-16-36/h4-5,7-8,20,29-31,37H,6,9-12,14-19,21-22H2,1-2H3/t29-,30?,31-,34-,35+/m0/s1. The van der Waals surface area contributed by atoms with Crippen molar-refractivity contribution in [3.8, 4) is 11.8 Å².